The number of hydrogen-bond donors (Lipinski definition) is 1. The average Bonchev–Trinajstić information content (AvgIpc) is 2.54. The van der Waals surface area contributed by atoms with E-state index >= 15 is 0 Å². The van der Waals surface area contributed by atoms with Gasteiger partial charge in [-0.3, -0.25) is 4.79 Å². The minimum absolute atomic E-state index is 0.118. The van der Waals surface area contributed by atoms with Crippen molar-refractivity contribution in [1.82, 2.24) is 4.90 Å². The molecule has 25 heavy (non-hydrogen) atoms. The number of nitrogens with zero attached hydrogens (tertiary/aromatic N) is 1. The number of phenolic OH excluding ortho intramolecular Hbond substituents is 1. The summed E-state index contributed by atoms with van der Waals surface area (Å²) >= 11 is 5.09. The Labute approximate surface area is 150 Å². The first-order valence-electron chi connectivity index (χ1n) is 7.63. The molecule has 0 amide bonds. The van der Waals surface area contributed by atoms with Crippen molar-refractivity contribution in [1.29, 1.82) is 0 Å². The molecule has 0 saturated carbocycles. The maximum Gasteiger partial charge on any atom is 0.264 e. The van der Waals surface area contributed by atoms with Crippen LogP contribution >= 0.6 is 12.2 Å². The Kier molecular flexibility index (Phi) is 4.46. The van der Waals surface area contributed by atoms with Gasteiger partial charge in [0.05, 0.1) is 5.56 Å². The number of ether oxygens (including phenoxy) is 1. The normalized spacial score (nSPS) is 10.7. The molecule has 0 aliphatic heterocycles. The number of fused-ring (bicyclic) bond motifs is 1. The fourth-order valence-corrected chi connectivity index (χ4v) is 2.67. The number of hydrogen-bond acceptors (Lipinski definition) is 5. The minimum atomic E-state index is -0.288. The number of benzene rings is 2. The number of aromatic hydroxyl groups is 1. The molecule has 0 radical (unpaired) electrons. The SMILES string of the molecule is Cc1oc2cc(OC(=S)N(C)C)cc(O)c2c(=O)c1-c1ccccc1. The standard InChI is InChI=1S/C19H17NO4S/c1-11-16(12-7-5-4-6-8-12)18(22)17-14(21)9-13(10-15(17)23-11)24-19(25)20(2)3/h4-10,21H,1-3H3. The van der Waals surface area contributed by atoms with Crippen molar-refractivity contribution in [2.45, 2.75) is 6.92 Å². The molecule has 6 heteroatoms. The highest BCUT2D eigenvalue weighted by molar-refractivity contribution is 7.80. The first-order chi connectivity index (χ1) is 11.9. The van der Waals surface area contributed by atoms with Gasteiger partial charge in [0.1, 0.15) is 28.2 Å². The van der Waals surface area contributed by atoms with Gasteiger partial charge < -0.3 is 19.2 Å². The van der Waals surface area contributed by atoms with Crippen LogP contribution in [0.2, 0.25) is 0 Å². The summed E-state index contributed by atoms with van der Waals surface area (Å²) in [6, 6.07) is 12.1. The molecule has 0 aliphatic rings. The van der Waals surface area contributed by atoms with Crippen molar-refractivity contribution in [3.8, 4) is 22.6 Å². The van der Waals surface area contributed by atoms with Crippen LogP contribution in [0.4, 0.5) is 0 Å². The highest BCUT2D eigenvalue weighted by atomic mass is 32.1. The molecule has 0 atom stereocenters. The van der Waals surface area contributed by atoms with Gasteiger partial charge in [-0.15, -0.1) is 0 Å². The van der Waals surface area contributed by atoms with Crippen molar-refractivity contribution in [2.24, 2.45) is 0 Å². The summed E-state index contributed by atoms with van der Waals surface area (Å²) in [7, 11) is 3.50. The van der Waals surface area contributed by atoms with E-state index < -0.39 is 0 Å². The fourth-order valence-electron chi connectivity index (χ4n) is 2.58. The molecule has 1 N–H and O–H groups in total. The Bertz CT molecular complexity index is 1010. The summed E-state index contributed by atoms with van der Waals surface area (Å²) in [5.74, 6) is 0.564. The lowest BCUT2D eigenvalue weighted by Crippen LogP contribution is -2.25. The van der Waals surface area contributed by atoms with Crippen molar-refractivity contribution >= 4 is 28.4 Å². The molecule has 128 valence electrons. The van der Waals surface area contributed by atoms with E-state index in [-0.39, 0.29) is 27.3 Å². The number of rotatable bonds is 2. The summed E-state index contributed by atoms with van der Waals surface area (Å²) in [6.45, 7) is 1.72. The Morgan fingerprint density at radius 1 is 1.20 bits per heavy atom. The maximum absolute atomic E-state index is 12.9. The molecule has 0 bridgehead atoms. The van der Waals surface area contributed by atoms with Gasteiger partial charge in [0.2, 0.25) is 5.43 Å². The summed E-state index contributed by atoms with van der Waals surface area (Å²) in [4.78, 5) is 14.5. The van der Waals surface area contributed by atoms with Gasteiger partial charge in [0.15, 0.2) is 0 Å². The molecule has 3 rings (SSSR count). The summed E-state index contributed by atoms with van der Waals surface area (Å²) in [5, 5.41) is 10.7. The second kappa shape index (κ2) is 6.57. The van der Waals surface area contributed by atoms with Crippen LogP contribution in [0, 0.1) is 6.92 Å². The third kappa shape index (κ3) is 3.21. The van der Waals surface area contributed by atoms with E-state index in [4.69, 9.17) is 21.4 Å². The molecule has 1 heterocycles. The van der Waals surface area contributed by atoms with Gasteiger partial charge in [0, 0.05) is 26.2 Å². The largest absolute Gasteiger partial charge is 0.507 e. The molecule has 3 aromatic rings. The molecule has 0 fully saturated rings. The van der Waals surface area contributed by atoms with E-state index in [0.29, 0.717) is 17.1 Å². The van der Waals surface area contributed by atoms with Crippen molar-refractivity contribution in [3.05, 3.63) is 58.4 Å². The third-order valence-electron chi connectivity index (χ3n) is 3.76. The first-order valence-corrected chi connectivity index (χ1v) is 8.04. The maximum atomic E-state index is 12.9. The Morgan fingerprint density at radius 3 is 2.52 bits per heavy atom. The van der Waals surface area contributed by atoms with Crippen LogP contribution in [0.5, 0.6) is 11.5 Å². The van der Waals surface area contributed by atoms with Crippen LogP contribution in [0.15, 0.2) is 51.7 Å². The van der Waals surface area contributed by atoms with Crippen LogP contribution in [0.25, 0.3) is 22.1 Å². The molecule has 2 aromatic carbocycles. The lowest BCUT2D eigenvalue weighted by atomic mass is 10.0. The van der Waals surface area contributed by atoms with Gasteiger partial charge in [0.25, 0.3) is 5.17 Å². The second-order valence-corrected chi connectivity index (χ2v) is 6.16. The van der Waals surface area contributed by atoms with Gasteiger partial charge >= 0.3 is 0 Å². The topological polar surface area (TPSA) is 62.9 Å². The van der Waals surface area contributed by atoms with Crippen molar-refractivity contribution < 1.29 is 14.3 Å². The van der Waals surface area contributed by atoms with Gasteiger partial charge in [-0.25, -0.2) is 0 Å². The molecule has 5 nitrogen and oxygen atoms in total. The van der Waals surface area contributed by atoms with Crippen molar-refractivity contribution in [3.63, 3.8) is 0 Å². The molecule has 0 unspecified atom stereocenters. The van der Waals surface area contributed by atoms with E-state index in [1.807, 2.05) is 30.3 Å². The Morgan fingerprint density at radius 2 is 1.88 bits per heavy atom. The average molecular weight is 355 g/mol. The van der Waals surface area contributed by atoms with Crippen LogP contribution in [0.1, 0.15) is 5.76 Å². The lowest BCUT2D eigenvalue weighted by Gasteiger charge is -2.15. The highest BCUT2D eigenvalue weighted by Gasteiger charge is 2.18. The van der Waals surface area contributed by atoms with Crippen LogP contribution in [-0.4, -0.2) is 29.3 Å². The Balaban J connectivity index is 2.19. The monoisotopic (exact) mass is 355 g/mol. The highest BCUT2D eigenvalue weighted by Crippen LogP contribution is 2.32. The Hall–Kier alpha value is -2.86. The zero-order valence-corrected chi connectivity index (χ0v) is 14.9. The number of phenols is 1. The summed E-state index contributed by atoms with van der Waals surface area (Å²) < 4.78 is 11.3. The van der Waals surface area contributed by atoms with Crippen LogP contribution in [-0.2, 0) is 0 Å². The molecular formula is C19H17NO4S. The van der Waals surface area contributed by atoms with E-state index in [2.05, 4.69) is 0 Å². The minimum Gasteiger partial charge on any atom is -0.507 e. The summed E-state index contributed by atoms with van der Waals surface area (Å²) in [5.41, 5.74) is 1.13. The number of thiocarbonyl (C=S) groups is 1. The molecule has 1 aromatic heterocycles. The number of aryl methyl sites for hydroxylation is 1. The quantitative estimate of drug-likeness (QED) is 0.707. The van der Waals surface area contributed by atoms with E-state index in [1.54, 1.807) is 32.0 Å². The molecular weight excluding hydrogens is 338 g/mol. The molecule has 0 aliphatic carbocycles. The van der Waals surface area contributed by atoms with E-state index in [0.717, 1.165) is 5.56 Å². The first kappa shape index (κ1) is 17.0. The van der Waals surface area contributed by atoms with Gasteiger partial charge in [-0.05, 0) is 24.7 Å². The third-order valence-corrected chi connectivity index (χ3v) is 4.21. The zero-order chi connectivity index (χ0) is 18.1. The van der Waals surface area contributed by atoms with Gasteiger partial charge in [-0.1, -0.05) is 30.3 Å². The van der Waals surface area contributed by atoms with E-state index in [9.17, 15) is 9.90 Å². The molecule has 0 spiro atoms. The predicted octanol–water partition coefficient (Wildman–Crippen LogP) is 3.70. The predicted molar refractivity (Wildman–Crippen MR) is 101 cm³/mol. The van der Waals surface area contributed by atoms with Crippen molar-refractivity contribution in [2.75, 3.05) is 14.1 Å². The fraction of sp³-hybridized carbons (Fsp3) is 0.158. The van der Waals surface area contributed by atoms with Crippen LogP contribution < -0.4 is 10.2 Å². The lowest BCUT2D eigenvalue weighted by molar-refractivity contribution is 0.440. The van der Waals surface area contributed by atoms with Gasteiger partial charge in [-0.2, -0.15) is 0 Å². The van der Waals surface area contributed by atoms with Crippen LogP contribution in [0.3, 0.4) is 0 Å². The van der Waals surface area contributed by atoms with E-state index in [1.165, 1.54) is 6.07 Å². The smallest absolute Gasteiger partial charge is 0.264 e. The zero-order valence-electron chi connectivity index (χ0n) is 14.1. The second-order valence-electron chi connectivity index (χ2n) is 5.81. The molecule has 0 saturated heterocycles. The summed E-state index contributed by atoms with van der Waals surface area (Å²) in [6.07, 6.45) is 0.